The summed E-state index contributed by atoms with van der Waals surface area (Å²) in [5.41, 5.74) is 1.80. The first kappa shape index (κ1) is 24.1. The van der Waals surface area contributed by atoms with Gasteiger partial charge in [0.05, 0.1) is 17.0 Å². The molecular formula is C26H24ClF3N2O2. The summed E-state index contributed by atoms with van der Waals surface area (Å²) in [6.45, 7) is 5.39. The molecule has 1 aromatic heterocycles. The van der Waals surface area contributed by atoms with Gasteiger partial charge in [-0.15, -0.1) is 0 Å². The fourth-order valence-electron chi connectivity index (χ4n) is 3.78. The third kappa shape index (κ3) is 5.70. The molecule has 1 fully saturated rings. The Morgan fingerprint density at radius 1 is 1.03 bits per heavy atom. The topological polar surface area (TPSA) is 51.2 Å². The van der Waals surface area contributed by atoms with Crippen LogP contribution in [0.25, 0.3) is 22.5 Å². The van der Waals surface area contributed by atoms with Gasteiger partial charge in [0.15, 0.2) is 0 Å². The van der Waals surface area contributed by atoms with Crippen LogP contribution in [-0.4, -0.2) is 22.7 Å². The van der Waals surface area contributed by atoms with Gasteiger partial charge in [-0.1, -0.05) is 41.9 Å². The van der Waals surface area contributed by atoms with Gasteiger partial charge in [0.25, 0.3) is 0 Å². The van der Waals surface area contributed by atoms with Crippen molar-refractivity contribution >= 4 is 17.7 Å². The first-order valence-corrected chi connectivity index (χ1v) is 11.2. The van der Waals surface area contributed by atoms with Gasteiger partial charge in [-0.3, -0.25) is 0 Å². The van der Waals surface area contributed by atoms with E-state index >= 15 is 0 Å². The van der Waals surface area contributed by atoms with Crippen molar-refractivity contribution in [3.05, 3.63) is 76.8 Å². The summed E-state index contributed by atoms with van der Waals surface area (Å²) in [4.78, 5) is 16.9. The molecular weight excluding hydrogens is 465 g/mol. The van der Waals surface area contributed by atoms with E-state index in [0.717, 1.165) is 23.3 Å². The molecule has 1 aliphatic carbocycles. The molecule has 1 saturated carbocycles. The third-order valence-corrected chi connectivity index (χ3v) is 5.67. The summed E-state index contributed by atoms with van der Waals surface area (Å²) in [5, 5.41) is 3.45. The van der Waals surface area contributed by atoms with Gasteiger partial charge in [-0.25, -0.2) is 9.78 Å². The molecule has 0 radical (unpaired) electrons. The van der Waals surface area contributed by atoms with E-state index in [0.29, 0.717) is 28.4 Å². The molecule has 34 heavy (non-hydrogen) atoms. The van der Waals surface area contributed by atoms with Crippen LogP contribution >= 0.6 is 11.6 Å². The number of alkyl carbamates (subject to hydrolysis) is 1. The number of nitrogens with one attached hydrogen (secondary N) is 1. The zero-order valence-electron chi connectivity index (χ0n) is 18.9. The summed E-state index contributed by atoms with van der Waals surface area (Å²) in [6.07, 6.45) is -4.21. The Balaban J connectivity index is 1.67. The first-order valence-electron chi connectivity index (χ1n) is 10.8. The maximum absolute atomic E-state index is 13.2. The molecule has 4 rings (SSSR count). The lowest BCUT2D eigenvalue weighted by Crippen LogP contribution is -2.34. The summed E-state index contributed by atoms with van der Waals surface area (Å²) < 4.78 is 45.0. The van der Waals surface area contributed by atoms with Gasteiger partial charge < -0.3 is 10.1 Å². The van der Waals surface area contributed by atoms with Crippen LogP contribution in [0.1, 0.15) is 44.2 Å². The number of rotatable bonds is 4. The molecule has 1 aliphatic rings. The van der Waals surface area contributed by atoms with E-state index in [1.165, 1.54) is 6.07 Å². The van der Waals surface area contributed by atoms with E-state index in [-0.39, 0.29) is 12.0 Å². The predicted molar refractivity (Wildman–Crippen MR) is 126 cm³/mol. The number of carbonyl (C=O) groups excluding carboxylic acids is 1. The molecule has 0 bridgehead atoms. The molecule has 1 N–H and O–H groups in total. The van der Waals surface area contributed by atoms with Crippen LogP contribution in [-0.2, 0) is 10.9 Å². The van der Waals surface area contributed by atoms with Crippen LogP contribution in [0.15, 0.2) is 60.7 Å². The van der Waals surface area contributed by atoms with Crippen molar-refractivity contribution in [3.8, 4) is 22.5 Å². The van der Waals surface area contributed by atoms with E-state index in [1.807, 2.05) is 18.2 Å². The molecule has 8 heteroatoms. The van der Waals surface area contributed by atoms with Crippen molar-refractivity contribution in [2.75, 3.05) is 0 Å². The van der Waals surface area contributed by atoms with E-state index < -0.39 is 23.4 Å². The molecule has 178 valence electrons. The first-order chi connectivity index (χ1) is 15.9. The highest BCUT2D eigenvalue weighted by Crippen LogP contribution is 2.45. The van der Waals surface area contributed by atoms with Crippen molar-refractivity contribution in [1.29, 1.82) is 0 Å². The molecule has 0 unspecified atom stereocenters. The second-order valence-corrected chi connectivity index (χ2v) is 9.75. The summed E-state index contributed by atoms with van der Waals surface area (Å²) >= 11 is 6.05. The number of alkyl halides is 3. The number of pyridine rings is 1. The second kappa shape index (κ2) is 8.95. The number of benzene rings is 2. The smallest absolute Gasteiger partial charge is 0.416 e. The summed E-state index contributed by atoms with van der Waals surface area (Å²) in [6, 6.07) is 15.7. The van der Waals surface area contributed by atoms with Crippen molar-refractivity contribution < 1.29 is 22.7 Å². The number of nitrogens with zero attached hydrogens (tertiary/aromatic N) is 1. The number of halogens is 4. The quantitative estimate of drug-likeness (QED) is 0.414. The van der Waals surface area contributed by atoms with Crippen molar-refractivity contribution in [2.24, 2.45) is 0 Å². The Hall–Kier alpha value is -3.06. The van der Waals surface area contributed by atoms with Crippen molar-refractivity contribution in [2.45, 2.75) is 50.9 Å². The van der Waals surface area contributed by atoms with Gasteiger partial charge in [0.1, 0.15) is 5.60 Å². The molecule has 4 nitrogen and oxygen atoms in total. The zero-order chi connectivity index (χ0) is 24.7. The molecule has 1 heterocycles. The van der Waals surface area contributed by atoms with Crippen LogP contribution in [0, 0.1) is 0 Å². The minimum absolute atomic E-state index is 0.0151. The Bertz CT molecular complexity index is 1200. The van der Waals surface area contributed by atoms with Crippen LogP contribution in [0.5, 0.6) is 0 Å². The number of hydrogen-bond acceptors (Lipinski definition) is 3. The van der Waals surface area contributed by atoms with Gasteiger partial charge in [-0.05, 0) is 63.1 Å². The molecule has 1 amide bonds. The van der Waals surface area contributed by atoms with Crippen LogP contribution in [0.3, 0.4) is 0 Å². The minimum Gasteiger partial charge on any atom is -0.444 e. The Morgan fingerprint density at radius 2 is 1.74 bits per heavy atom. The molecule has 2 atom stereocenters. The fourth-order valence-corrected chi connectivity index (χ4v) is 3.91. The van der Waals surface area contributed by atoms with E-state index in [9.17, 15) is 18.0 Å². The predicted octanol–water partition coefficient (Wildman–Crippen LogP) is 7.47. The normalized spacial score (nSPS) is 17.9. The molecule has 0 saturated heterocycles. The Morgan fingerprint density at radius 3 is 2.38 bits per heavy atom. The lowest BCUT2D eigenvalue weighted by Gasteiger charge is -2.20. The number of hydrogen-bond donors (Lipinski definition) is 1. The maximum Gasteiger partial charge on any atom is 0.416 e. The van der Waals surface area contributed by atoms with Crippen LogP contribution in [0.4, 0.5) is 18.0 Å². The average molecular weight is 489 g/mol. The highest BCUT2D eigenvalue weighted by Gasteiger charge is 2.42. The lowest BCUT2D eigenvalue weighted by molar-refractivity contribution is -0.137. The van der Waals surface area contributed by atoms with Crippen molar-refractivity contribution in [1.82, 2.24) is 10.3 Å². The fraction of sp³-hybridized carbons (Fsp3) is 0.308. The van der Waals surface area contributed by atoms with E-state index in [1.54, 1.807) is 45.0 Å². The minimum atomic E-state index is -4.44. The number of aromatic nitrogens is 1. The highest BCUT2D eigenvalue weighted by molar-refractivity contribution is 6.30. The second-order valence-electron chi connectivity index (χ2n) is 9.31. The molecule has 0 spiro atoms. The van der Waals surface area contributed by atoms with Gasteiger partial charge >= 0.3 is 12.3 Å². The molecule has 2 aromatic carbocycles. The summed E-state index contributed by atoms with van der Waals surface area (Å²) in [7, 11) is 0. The van der Waals surface area contributed by atoms with E-state index in [4.69, 9.17) is 21.3 Å². The SMILES string of the molecule is CC(C)(C)OC(=O)N[C@@H]1C[C@H]1c1ccc(-c2cccc(C(F)(F)F)c2)nc1-c1ccc(Cl)cc1. The summed E-state index contributed by atoms with van der Waals surface area (Å²) in [5.74, 6) is 0.0151. The monoisotopic (exact) mass is 488 g/mol. The lowest BCUT2D eigenvalue weighted by atomic mass is 9.99. The van der Waals surface area contributed by atoms with Crippen molar-refractivity contribution in [3.63, 3.8) is 0 Å². The van der Waals surface area contributed by atoms with Gasteiger partial charge in [0.2, 0.25) is 0 Å². The van der Waals surface area contributed by atoms with Crippen LogP contribution in [0.2, 0.25) is 5.02 Å². The largest absolute Gasteiger partial charge is 0.444 e. The Kier molecular flexibility index (Phi) is 6.34. The Labute approximate surface area is 201 Å². The van der Waals surface area contributed by atoms with Gasteiger partial charge in [-0.2, -0.15) is 13.2 Å². The van der Waals surface area contributed by atoms with Gasteiger partial charge in [0, 0.05) is 28.1 Å². The number of amides is 1. The zero-order valence-corrected chi connectivity index (χ0v) is 19.7. The standard InChI is InChI=1S/C26H24ClF3N2O2/c1-25(2,3)34-24(33)32-22-14-20(22)19-11-12-21(16-5-4-6-17(13-16)26(28,29)30)31-23(19)15-7-9-18(27)10-8-15/h4-13,20,22H,14H2,1-3H3,(H,32,33)/t20-,22+/m0/s1. The molecule has 3 aromatic rings. The maximum atomic E-state index is 13.2. The van der Waals surface area contributed by atoms with Crippen LogP contribution < -0.4 is 5.32 Å². The number of carbonyl (C=O) groups is 1. The highest BCUT2D eigenvalue weighted by atomic mass is 35.5. The molecule has 0 aliphatic heterocycles. The average Bonchev–Trinajstić information content (AvgIpc) is 3.50. The van der Waals surface area contributed by atoms with E-state index in [2.05, 4.69) is 5.32 Å². The third-order valence-electron chi connectivity index (χ3n) is 5.42. The number of ether oxygens (including phenoxy) is 1.